The van der Waals surface area contributed by atoms with Crippen LogP contribution in [0.2, 0.25) is 0 Å². The number of piperidine rings is 1. The van der Waals surface area contributed by atoms with Gasteiger partial charge in [0.1, 0.15) is 5.65 Å². The summed E-state index contributed by atoms with van der Waals surface area (Å²) in [5, 5.41) is 3.37. The van der Waals surface area contributed by atoms with Gasteiger partial charge in [0, 0.05) is 29.3 Å². The average Bonchev–Trinajstić information content (AvgIpc) is 2.49. The molecule has 5 nitrogen and oxygen atoms in total. The van der Waals surface area contributed by atoms with Gasteiger partial charge in [0.05, 0.1) is 5.69 Å². The molecule has 0 radical (unpaired) electrons. The molecule has 0 aromatic carbocycles. The van der Waals surface area contributed by atoms with Gasteiger partial charge in [0.25, 0.3) is 5.56 Å². The van der Waals surface area contributed by atoms with Gasteiger partial charge >= 0.3 is 0 Å². The Balaban J connectivity index is 1.84. The highest BCUT2D eigenvalue weighted by Crippen LogP contribution is 2.13. The summed E-state index contributed by atoms with van der Waals surface area (Å²) in [7, 11) is 2.11. The Morgan fingerprint density at radius 1 is 1.43 bits per heavy atom. The Bertz CT molecular complexity index is 694. The number of nitrogens with zero attached hydrogens (tertiary/aromatic N) is 3. The molecule has 0 bridgehead atoms. The van der Waals surface area contributed by atoms with Crippen molar-refractivity contribution >= 4 is 21.6 Å². The summed E-state index contributed by atoms with van der Waals surface area (Å²) in [5.41, 5.74) is 1.50. The summed E-state index contributed by atoms with van der Waals surface area (Å²) < 4.78 is 2.44. The Hall–Kier alpha value is -1.24. The molecule has 0 amide bonds. The van der Waals surface area contributed by atoms with Gasteiger partial charge in [-0.05, 0) is 61.0 Å². The molecular formula is C15H19BrN4O. The molecule has 6 heteroatoms. The first-order chi connectivity index (χ1) is 10.1. The van der Waals surface area contributed by atoms with Crippen molar-refractivity contribution in [3.05, 3.63) is 44.9 Å². The maximum absolute atomic E-state index is 12.2. The van der Waals surface area contributed by atoms with Crippen LogP contribution in [0.15, 0.2) is 33.7 Å². The predicted octanol–water partition coefficient (Wildman–Crippen LogP) is 1.64. The predicted molar refractivity (Wildman–Crippen MR) is 86.5 cm³/mol. The summed E-state index contributed by atoms with van der Waals surface area (Å²) in [4.78, 5) is 19.1. The highest BCUT2D eigenvalue weighted by Gasteiger charge is 2.18. The number of hydrogen-bond acceptors (Lipinski definition) is 4. The second-order valence-electron chi connectivity index (χ2n) is 5.56. The third kappa shape index (κ3) is 3.33. The first-order valence-corrected chi connectivity index (χ1v) is 8.01. The molecule has 3 rings (SSSR count). The standard InChI is InChI=1S/C15H19BrN4O/c1-19(13-4-6-17-7-5-13)10-12-8-15(21)20-9-11(16)2-3-14(20)18-12/h2-3,8-9,13,17H,4-7,10H2,1H3. The van der Waals surface area contributed by atoms with Crippen molar-refractivity contribution in [1.29, 1.82) is 0 Å². The highest BCUT2D eigenvalue weighted by molar-refractivity contribution is 9.10. The van der Waals surface area contributed by atoms with Gasteiger partial charge in [-0.2, -0.15) is 0 Å². The molecule has 112 valence electrons. The van der Waals surface area contributed by atoms with Crippen molar-refractivity contribution in [3.63, 3.8) is 0 Å². The van der Waals surface area contributed by atoms with E-state index >= 15 is 0 Å². The van der Waals surface area contributed by atoms with Crippen LogP contribution in [0.5, 0.6) is 0 Å². The van der Waals surface area contributed by atoms with E-state index in [2.05, 4.69) is 38.2 Å². The van der Waals surface area contributed by atoms with E-state index in [1.165, 1.54) is 0 Å². The van der Waals surface area contributed by atoms with Crippen LogP contribution in [0.3, 0.4) is 0 Å². The van der Waals surface area contributed by atoms with E-state index in [1.54, 1.807) is 16.7 Å². The van der Waals surface area contributed by atoms with E-state index in [0.717, 1.165) is 36.1 Å². The summed E-state index contributed by atoms with van der Waals surface area (Å²) in [6.07, 6.45) is 4.05. The van der Waals surface area contributed by atoms with Crippen LogP contribution in [-0.2, 0) is 6.54 Å². The smallest absolute Gasteiger partial charge is 0.258 e. The lowest BCUT2D eigenvalue weighted by molar-refractivity contribution is 0.190. The number of nitrogens with one attached hydrogen (secondary N) is 1. The molecule has 1 aliphatic rings. The van der Waals surface area contributed by atoms with Crippen molar-refractivity contribution in [2.45, 2.75) is 25.4 Å². The molecule has 3 heterocycles. The lowest BCUT2D eigenvalue weighted by Crippen LogP contribution is -2.41. The summed E-state index contributed by atoms with van der Waals surface area (Å²) in [5.74, 6) is 0. The maximum Gasteiger partial charge on any atom is 0.258 e. The average molecular weight is 351 g/mol. The lowest BCUT2D eigenvalue weighted by atomic mass is 10.1. The zero-order valence-electron chi connectivity index (χ0n) is 12.1. The van der Waals surface area contributed by atoms with Gasteiger partial charge in [0.15, 0.2) is 0 Å². The monoisotopic (exact) mass is 350 g/mol. The molecule has 1 aliphatic heterocycles. The molecule has 21 heavy (non-hydrogen) atoms. The summed E-state index contributed by atoms with van der Waals surface area (Å²) >= 11 is 3.38. The van der Waals surface area contributed by atoms with Crippen LogP contribution < -0.4 is 10.9 Å². The zero-order valence-corrected chi connectivity index (χ0v) is 13.6. The van der Waals surface area contributed by atoms with E-state index < -0.39 is 0 Å². The molecule has 2 aromatic rings. The van der Waals surface area contributed by atoms with Crippen LogP contribution in [0.25, 0.3) is 5.65 Å². The molecule has 0 spiro atoms. The molecule has 0 atom stereocenters. The SMILES string of the molecule is CN(Cc1cc(=O)n2cc(Br)ccc2n1)C1CCNCC1. The molecule has 0 unspecified atom stereocenters. The third-order valence-electron chi connectivity index (χ3n) is 4.02. The Labute approximate surface area is 132 Å². The van der Waals surface area contributed by atoms with Crippen LogP contribution in [0.1, 0.15) is 18.5 Å². The number of rotatable bonds is 3. The van der Waals surface area contributed by atoms with Crippen LogP contribution in [-0.4, -0.2) is 40.5 Å². The van der Waals surface area contributed by atoms with E-state index in [-0.39, 0.29) is 5.56 Å². The fourth-order valence-corrected chi connectivity index (χ4v) is 3.18. The summed E-state index contributed by atoms with van der Waals surface area (Å²) in [6.45, 7) is 2.85. The number of halogens is 1. The van der Waals surface area contributed by atoms with Crippen LogP contribution >= 0.6 is 15.9 Å². The number of aromatic nitrogens is 2. The van der Waals surface area contributed by atoms with Gasteiger partial charge in [0.2, 0.25) is 0 Å². The quantitative estimate of drug-likeness (QED) is 0.914. The van der Waals surface area contributed by atoms with Gasteiger partial charge in [-0.15, -0.1) is 0 Å². The first-order valence-electron chi connectivity index (χ1n) is 7.22. The van der Waals surface area contributed by atoms with E-state index in [4.69, 9.17) is 0 Å². The lowest BCUT2D eigenvalue weighted by Gasteiger charge is -2.31. The van der Waals surface area contributed by atoms with Crippen LogP contribution in [0, 0.1) is 0 Å². The minimum Gasteiger partial charge on any atom is -0.317 e. The highest BCUT2D eigenvalue weighted by atomic mass is 79.9. The molecule has 0 aliphatic carbocycles. The van der Waals surface area contributed by atoms with Crippen LogP contribution in [0.4, 0.5) is 0 Å². The fraction of sp³-hybridized carbons (Fsp3) is 0.467. The van der Waals surface area contributed by atoms with Crippen molar-refractivity contribution in [2.24, 2.45) is 0 Å². The maximum atomic E-state index is 12.2. The van der Waals surface area contributed by atoms with Gasteiger partial charge < -0.3 is 5.32 Å². The Morgan fingerprint density at radius 2 is 2.19 bits per heavy atom. The second-order valence-corrected chi connectivity index (χ2v) is 6.47. The molecule has 1 saturated heterocycles. The van der Waals surface area contributed by atoms with Crippen molar-refractivity contribution < 1.29 is 0 Å². The minimum absolute atomic E-state index is 0.0324. The fourth-order valence-electron chi connectivity index (χ4n) is 2.84. The third-order valence-corrected chi connectivity index (χ3v) is 4.49. The number of pyridine rings is 1. The van der Waals surface area contributed by atoms with Gasteiger partial charge in [-0.1, -0.05) is 0 Å². The topological polar surface area (TPSA) is 49.6 Å². The number of fused-ring (bicyclic) bond motifs is 1. The Kier molecular flexibility index (Phi) is 4.37. The van der Waals surface area contributed by atoms with Crippen molar-refractivity contribution in [1.82, 2.24) is 19.6 Å². The minimum atomic E-state index is -0.0324. The van der Waals surface area contributed by atoms with Crippen molar-refractivity contribution in [3.8, 4) is 0 Å². The molecule has 1 fully saturated rings. The zero-order chi connectivity index (χ0) is 14.8. The largest absolute Gasteiger partial charge is 0.317 e. The molecule has 2 aromatic heterocycles. The first kappa shape index (κ1) is 14.7. The van der Waals surface area contributed by atoms with E-state index in [1.807, 2.05) is 12.1 Å². The van der Waals surface area contributed by atoms with E-state index in [9.17, 15) is 4.79 Å². The molecule has 0 saturated carbocycles. The normalized spacial score (nSPS) is 16.7. The Morgan fingerprint density at radius 3 is 2.95 bits per heavy atom. The molecule has 1 N–H and O–H groups in total. The summed E-state index contributed by atoms with van der Waals surface area (Å²) in [6, 6.07) is 5.97. The van der Waals surface area contributed by atoms with Gasteiger partial charge in [-0.25, -0.2) is 4.98 Å². The number of hydrogen-bond donors (Lipinski definition) is 1. The van der Waals surface area contributed by atoms with E-state index in [0.29, 0.717) is 18.2 Å². The molecular weight excluding hydrogens is 332 g/mol. The van der Waals surface area contributed by atoms with Gasteiger partial charge in [-0.3, -0.25) is 14.1 Å². The van der Waals surface area contributed by atoms with Crippen molar-refractivity contribution in [2.75, 3.05) is 20.1 Å². The second kappa shape index (κ2) is 6.25.